The zero-order chi connectivity index (χ0) is 17.0. The number of hydrogen-bond acceptors (Lipinski definition) is 4. The maximum absolute atomic E-state index is 11.8. The fourth-order valence-corrected chi connectivity index (χ4v) is 1.85. The van der Waals surface area contributed by atoms with E-state index in [2.05, 4.69) is 15.6 Å². The van der Waals surface area contributed by atoms with Crippen LogP contribution < -0.4 is 10.6 Å². The summed E-state index contributed by atoms with van der Waals surface area (Å²) in [6.07, 6.45) is 1.59. The van der Waals surface area contributed by atoms with Gasteiger partial charge >= 0.3 is 0 Å². The topological polar surface area (TPSA) is 84.2 Å². The van der Waals surface area contributed by atoms with Crippen molar-refractivity contribution in [2.24, 2.45) is 5.41 Å². The van der Waals surface area contributed by atoms with E-state index in [1.54, 1.807) is 46.1 Å². The molecule has 23 heavy (non-hydrogen) atoms. The molecule has 122 valence electrons. The molecule has 0 unspecified atom stereocenters. The normalized spacial score (nSPS) is 11.1. The molecule has 0 radical (unpaired) electrons. The standard InChI is InChI=1S/C17H21N3O3/c1-11-19-14(10-23-11)12-5-7-13(8-6-12)20-15(21)9-18-16(22)17(2,3)4/h5-8,10H,9H2,1-4H3,(H,18,22)(H,20,21). The Labute approximate surface area is 135 Å². The number of aryl methyl sites for hydroxylation is 1. The van der Waals surface area contributed by atoms with Crippen LogP contribution >= 0.6 is 0 Å². The van der Waals surface area contributed by atoms with Gasteiger partial charge in [-0.25, -0.2) is 4.98 Å². The van der Waals surface area contributed by atoms with Gasteiger partial charge in [-0.15, -0.1) is 0 Å². The summed E-state index contributed by atoms with van der Waals surface area (Å²) in [5.74, 6) is 0.170. The highest BCUT2D eigenvalue weighted by Gasteiger charge is 2.21. The number of nitrogens with one attached hydrogen (secondary N) is 2. The van der Waals surface area contributed by atoms with Crippen molar-refractivity contribution in [3.8, 4) is 11.3 Å². The molecule has 6 heteroatoms. The van der Waals surface area contributed by atoms with Gasteiger partial charge in [-0.1, -0.05) is 32.9 Å². The molecule has 0 saturated heterocycles. The Hall–Kier alpha value is -2.63. The van der Waals surface area contributed by atoms with Gasteiger partial charge in [0, 0.05) is 23.6 Å². The zero-order valence-corrected chi connectivity index (χ0v) is 13.8. The molecular formula is C17H21N3O3. The summed E-state index contributed by atoms with van der Waals surface area (Å²) < 4.78 is 5.17. The first kappa shape index (κ1) is 16.7. The molecule has 0 aliphatic carbocycles. The summed E-state index contributed by atoms with van der Waals surface area (Å²) >= 11 is 0. The second kappa shape index (κ2) is 6.64. The third kappa shape index (κ3) is 4.67. The van der Waals surface area contributed by atoms with Gasteiger partial charge in [0.15, 0.2) is 5.89 Å². The number of aromatic nitrogens is 1. The SMILES string of the molecule is Cc1nc(-c2ccc(NC(=O)CNC(=O)C(C)(C)C)cc2)co1. The number of hydrogen-bond donors (Lipinski definition) is 2. The molecule has 2 N–H and O–H groups in total. The Morgan fingerprint density at radius 3 is 2.35 bits per heavy atom. The zero-order valence-electron chi connectivity index (χ0n) is 13.8. The number of rotatable bonds is 4. The van der Waals surface area contributed by atoms with Crippen molar-refractivity contribution in [3.05, 3.63) is 36.4 Å². The van der Waals surface area contributed by atoms with Crippen LogP contribution in [0.15, 0.2) is 34.9 Å². The van der Waals surface area contributed by atoms with Crippen molar-refractivity contribution in [1.82, 2.24) is 10.3 Å². The molecule has 0 fully saturated rings. The molecule has 1 aromatic heterocycles. The Morgan fingerprint density at radius 1 is 1.17 bits per heavy atom. The molecule has 2 rings (SSSR count). The van der Waals surface area contributed by atoms with E-state index in [4.69, 9.17) is 4.42 Å². The van der Waals surface area contributed by atoms with E-state index in [1.165, 1.54) is 0 Å². The van der Waals surface area contributed by atoms with Crippen LogP contribution in [0.25, 0.3) is 11.3 Å². The number of benzene rings is 1. The number of carbonyl (C=O) groups is 2. The lowest BCUT2D eigenvalue weighted by molar-refractivity contribution is -0.130. The van der Waals surface area contributed by atoms with Crippen LogP contribution in [-0.2, 0) is 9.59 Å². The first-order valence-corrected chi connectivity index (χ1v) is 7.36. The molecule has 0 atom stereocenters. The van der Waals surface area contributed by atoms with Crippen LogP contribution in [0.5, 0.6) is 0 Å². The molecule has 2 aromatic rings. The Kier molecular flexibility index (Phi) is 4.83. The molecule has 6 nitrogen and oxygen atoms in total. The highest BCUT2D eigenvalue weighted by Crippen LogP contribution is 2.20. The van der Waals surface area contributed by atoms with E-state index >= 15 is 0 Å². The highest BCUT2D eigenvalue weighted by atomic mass is 16.3. The summed E-state index contributed by atoms with van der Waals surface area (Å²) in [7, 11) is 0. The minimum atomic E-state index is -0.516. The van der Waals surface area contributed by atoms with Crippen molar-refractivity contribution >= 4 is 17.5 Å². The van der Waals surface area contributed by atoms with Gasteiger partial charge in [-0.3, -0.25) is 9.59 Å². The summed E-state index contributed by atoms with van der Waals surface area (Å²) in [6, 6.07) is 7.26. The molecule has 0 saturated carbocycles. The summed E-state index contributed by atoms with van der Waals surface area (Å²) in [5.41, 5.74) is 1.79. The molecule has 1 heterocycles. The first-order chi connectivity index (χ1) is 10.8. The maximum Gasteiger partial charge on any atom is 0.243 e. The van der Waals surface area contributed by atoms with E-state index in [9.17, 15) is 9.59 Å². The molecular weight excluding hydrogens is 294 g/mol. The Balaban J connectivity index is 1.91. The van der Waals surface area contributed by atoms with Crippen molar-refractivity contribution < 1.29 is 14.0 Å². The molecule has 0 spiro atoms. The van der Waals surface area contributed by atoms with Crippen LogP contribution in [0.1, 0.15) is 26.7 Å². The van der Waals surface area contributed by atoms with Gasteiger partial charge in [0.2, 0.25) is 11.8 Å². The number of amides is 2. The second-order valence-electron chi connectivity index (χ2n) is 6.31. The fraction of sp³-hybridized carbons (Fsp3) is 0.353. The van der Waals surface area contributed by atoms with E-state index < -0.39 is 5.41 Å². The average Bonchev–Trinajstić information content (AvgIpc) is 2.91. The number of nitrogens with zero attached hydrogens (tertiary/aromatic N) is 1. The lowest BCUT2D eigenvalue weighted by Crippen LogP contribution is -2.39. The van der Waals surface area contributed by atoms with Crippen LogP contribution in [0.3, 0.4) is 0 Å². The Bertz CT molecular complexity index is 697. The minimum Gasteiger partial charge on any atom is -0.449 e. The lowest BCUT2D eigenvalue weighted by atomic mass is 9.96. The summed E-state index contributed by atoms with van der Waals surface area (Å²) in [6.45, 7) is 7.12. The summed E-state index contributed by atoms with van der Waals surface area (Å²) in [5, 5.41) is 5.34. The van der Waals surface area contributed by atoms with Gasteiger partial charge in [0.1, 0.15) is 12.0 Å². The van der Waals surface area contributed by atoms with E-state index in [0.29, 0.717) is 11.6 Å². The monoisotopic (exact) mass is 315 g/mol. The van der Waals surface area contributed by atoms with Crippen molar-refractivity contribution in [1.29, 1.82) is 0 Å². The van der Waals surface area contributed by atoms with Crippen LogP contribution in [-0.4, -0.2) is 23.3 Å². The fourth-order valence-electron chi connectivity index (χ4n) is 1.85. The second-order valence-corrected chi connectivity index (χ2v) is 6.31. The molecule has 0 aliphatic rings. The van der Waals surface area contributed by atoms with E-state index in [-0.39, 0.29) is 18.4 Å². The third-order valence-corrected chi connectivity index (χ3v) is 3.17. The minimum absolute atomic E-state index is 0.0552. The van der Waals surface area contributed by atoms with Crippen molar-refractivity contribution in [2.75, 3.05) is 11.9 Å². The van der Waals surface area contributed by atoms with Gasteiger partial charge in [0.25, 0.3) is 0 Å². The maximum atomic E-state index is 11.8. The number of carbonyl (C=O) groups excluding carboxylic acids is 2. The van der Waals surface area contributed by atoms with Crippen molar-refractivity contribution in [2.45, 2.75) is 27.7 Å². The van der Waals surface area contributed by atoms with E-state index in [1.807, 2.05) is 12.1 Å². The van der Waals surface area contributed by atoms with E-state index in [0.717, 1.165) is 11.3 Å². The lowest BCUT2D eigenvalue weighted by Gasteiger charge is -2.17. The number of oxazole rings is 1. The molecule has 0 aliphatic heterocycles. The largest absolute Gasteiger partial charge is 0.449 e. The molecule has 2 amide bonds. The molecule has 0 bridgehead atoms. The van der Waals surface area contributed by atoms with Gasteiger partial charge in [-0.2, -0.15) is 0 Å². The van der Waals surface area contributed by atoms with Crippen LogP contribution in [0, 0.1) is 12.3 Å². The smallest absolute Gasteiger partial charge is 0.243 e. The third-order valence-electron chi connectivity index (χ3n) is 3.17. The highest BCUT2D eigenvalue weighted by molar-refractivity contribution is 5.95. The number of anilines is 1. The predicted octanol–water partition coefficient (Wildman–Crippen LogP) is 2.75. The average molecular weight is 315 g/mol. The van der Waals surface area contributed by atoms with Gasteiger partial charge in [0.05, 0.1) is 6.54 Å². The van der Waals surface area contributed by atoms with Crippen LogP contribution in [0.2, 0.25) is 0 Å². The summed E-state index contributed by atoms with van der Waals surface area (Å²) in [4.78, 5) is 27.8. The van der Waals surface area contributed by atoms with Gasteiger partial charge < -0.3 is 15.1 Å². The van der Waals surface area contributed by atoms with Crippen LogP contribution in [0.4, 0.5) is 5.69 Å². The Morgan fingerprint density at radius 2 is 1.83 bits per heavy atom. The van der Waals surface area contributed by atoms with Gasteiger partial charge in [-0.05, 0) is 12.1 Å². The van der Waals surface area contributed by atoms with Crippen molar-refractivity contribution in [3.63, 3.8) is 0 Å². The predicted molar refractivity (Wildman–Crippen MR) is 87.8 cm³/mol. The molecule has 1 aromatic carbocycles. The quantitative estimate of drug-likeness (QED) is 0.908. The first-order valence-electron chi connectivity index (χ1n) is 7.36.